The molecule has 0 amide bonds. The van der Waals surface area contributed by atoms with Crippen LogP contribution in [0.4, 0.5) is 0 Å². The number of aliphatic carboxylic acids is 1. The monoisotopic (exact) mass is 260 g/mol. The summed E-state index contributed by atoms with van der Waals surface area (Å²) in [4.78, 5) is 22.8. The molecule has 18 heavy (non-hydrogen) atoms. The molecule has 0 radical (unpaired) electrons. The number of fused-ring (bicyclic) bond motifs is 1. The Morgan fingerprint density at radius 1 is 1.22 bits per heavy atom. The number of rotatable bonds is 3. The SMILES string of the molecule is CC(=O)Sc1cc(CC(=O)O)c2ccccc2c1. The first kappa shape index (κ1) is 12.6. The molecule has 0 saturated carbocycles. The molecule has 92 valence electrons. The fourth-order valence-electron chi connectivity index (χ4n) is 1.89. The van der Waals surface area contributed by atoms with Crippen molar-refractivity contribution in [2.75, 3.05) is 0 Å². The summed E-state index contributed by atoms with van der Waals surface area (Å²) in [5, 5.41) is 10.8. The van der Waals surface area contributed by atoms with E-state index in [0.29, 0.717) is 0 Å². The molecule has 2 aromatic carbocycles. The predicted molar refractivity (Wildman–Crippen MR) is 71.8 cm³/mol. The molecule has 0 spiro atoms. The highest BCUT2D eigenvalue weighted by Gasteiger charge is 2.09. The largest absolute Gasteiger partial charge is 0.481 e. The van der Waals surface area contributed by atoms with E-state index >= 15 is 0 Å². The molecule has 2 aromatic rings. The van der Waals surface area contributed by atoms with Gasteiger partial charge in [0.15, 0.2) is 5.12 Å². The van der Waals surface area contributed by atoms with Crippen molar-refractivity contribution in [2.24, 2.45) is 0 Å². The molecule has 4 heteroatoms. The number of benzene rings is 2. The summed E-state index contributed by atoms with van der Waals surface area (Å²) in [5.74, 6) is -0.870. The lowest BCUT2D eigenvalue weighted by Crippen LogP contribution is -2.01. The van der Waals surface area contributed by atoms with Crippen molar-refractivity contribution >= 4 is 33.6 Å². The molecule has 0 bridgehead atoms. The van der Waals surface area contributed by atoms with Gasteiger partial charge in [0, 0.05) is 11.8 Å². The number of carboxylic acids is 1. The average molecular weight is 260 g/mol. The fraction of sp³-hybridized carbons (Fsp3) is 0.143. The van der Waals surface area contributed by atoms with Gasteiger partial charge in [-0.2, -0.15) is 0 Å². The number of hydrogen-bond donors (Lipinski definition) is 1. The maximum atomic E-state index is 11.1. The first-order valence-corrected chi connectivity index (χ1v) is 6.30. The van der Waals surface area contributed by atoms with Gasteiger partial charge in [0.05, 0.1) is 6.42 Å². The molecule has 0 aliphatic carbocycles. The minimum Gasteiger partial charge on any atom is -0.481 e. The molecule has 1 N–H and O–H groups in total. The van der Waals surface area contributed by atoms with Crippen LogP contribution in [0.15, 0.2) is 41.3 Å². The van der Waals surface area contributed by atoms with E-state index in [9.17, 15) is 9.59 Å². The van der Waals surface area contributed by atoms with E-state index in [-0.39, 0.29) is 11.5 Å². The smallest absolute Gasteiger partial charge is 0.307 e. The minimum absolute atomic E-state index is 0.00782. The molecular weight excluding hydrogens is 248 g/mol. The minimum atomic E-state index is -0.870. The van der Waals surface area contributed by atoms with Crippen molar-refractivity contribution < 1.29 is 14.7 Å². The second kappa shape index (κ2) is 5.23. The zero-order valence-electron chi connectivity index (χ0n) is 9.84. The molecule has 0 aromatic heterocycles. The second-order valence-corrected chi connectivity index (χ2v) is 5.22. The molecule has 2 rings (SSSR count). The van der Waals surface area contributed by atoms with Gasteiger partial charge in [0.25, 0.3) is 0 Å². The van der Waals surface area contributed by atoms with Crippen molar-refractivity contribution in [2.45, 2.75) is 18.2 Å². The third-order valence-electron chi connectivity index (χ3n) is 2.52. The van der Waals surface area contributed by atoms with Gasteiger partial charge < -0.3 is 5.11 Å². The van der Waals surface area contributed by atoms with Crippen LogP contribution < -0.4 is 0 Å². The molecule has 0 atom stereocenters. The molecule has 0 saturated heterocycles. The van der Waals surface area contributed by atoms with E-state index in [0.717, 1.165) is 33.0 Å². The first-order chi connectivity index (χ1) is 8.56. The fourth-order valence-corrected chi connectivity index (χ4v) is 2.61. The van der Waals surface area contributed by atoms with E-state index < -0.39 is 5.97 Å². The zero-order chi connectivity index (χ0) is 13.1. The van der Waals surface area contributed by atoms with Crippen molar-refractivity contribution in [3.8, 4) is 0 Å². The van der Waals surface area contributed by atoms with Crippen molar-refractivity contribution in [1.29, 1.82) is 0 Å². The third-order valence-corrected chi connectivity index (χ3v) is 3.28. The lowest BCUT2D eigenvalue weighted by atomic mass is 10.0. The van der Waals surface area contributed by atoms with Gasteiger partial charge in [0.1, 0.15) is 0 Å². The van der Waals surface area contributed by atoms with E-state index in [1.807, 2.05) is 30.3 Å². The molecular formula is C14H12O3S. The highest BCUT2D eigenvalue weighted by Crippen LogP contribution is 2.28. The summed E-state index contributed by atoms with van der Waals surface area (Å²) in [5.41, 5.74) is 0.740. The van der Waals surface area contributed by atoms with Crippen LogP contribution in [0.25, 0.3) is 10.8 Å². The summed E-state index contributed by atoms with van der Waals surface area (Å²) in [7, 11) is 0. The Labute approximate surface area is 109 Å². The number of carbonyl (C=O) groups is 2. The summed E-state index contributed by atoms with van der Waals surface area (Å²) in [6.45, 7) is 1.50. The maximum Gasteiger partial charge on any atom is 0.307 e. The highest BCUT2D eigenvalue weighted by atomic mass is 32.2. The van der Waals surface area contributed by atoms with Crippen molar-refractivity contribution in [3.63, 3.8) is 0 Å². The number of thioether (sulfide) groups is 1. The van der Waals surface area contributed by atoms with Crippen LogP contribution in [0.2, 0.25) is 0 Å². The predicted octanol–water partition coefficient (Wildman–Crippen LogP) is 3.11. The third kappa shape index (κ3) is 2.90. The molecule has 0 aliphatic rings. The van der Waals surface area contributed by atoms with Crippen LogP contribution in [-0.2, 0) is 16.0 Å². The quantitative estimate of drug-likeness (QED) is 0.861. The normalized spacial score (nSPS) is 10.5. The Morgan fingerprint density at radius 3 is 2.61 bits per heavy atom. The molecule has 0 heterocycles. The summed E-state index contributed by atoms with van der Waals surface area (Å²) < 4.78 is 0. The van der Waals surface area contributed by atoms with Gasteiger partial charge in [-0.15, -0.1) is 0 Å². The van der Waals surface area contributed by atoms with Crippen molar-refractivity contribution in [3.05, 3.63) is 42.0 Å². The van der Waals surface area contributed by atoms with Gasteiger partial charge >= 0.3 is 5.97 Å². The van der Waals surface area contributed by atoms with E-state index in [2.05, 4.69) is 0 Å². The van der Waals surface area contributed by atoms with Crippen LogP contribution in [0.3, 0.4) is 0 Å². The van der Waals surface area contributed by atoms with Gasteiger partial charge in [0.2, 0.25) is 0 Å². The summed E-state index contributed by atoms with van der Waals surface area (Å²) >= 11 is 1.12. The van der Waals surface area contributed by atoms with Crippen LogP contribution in [0.1, 0.15) is 12.5 Å². The lowest BCUT2D eigenvalue weighted by Gasteiger charge is -2.07. The standard InChI is InChI=1S/C14H12O3S/c1-9(15)18-12-6-10-4-2-3-5-13(10)11(7-12)8-14(16)17/h2-7H,8H2,1H3,(H,16,17). The van der Waals surface area contributed by atoms with Gasteiger partial charge in [-0.1, -0.05) is 36.0 Å². The Kier molecular flexibility index (Phi) is 3.67. The molecule has 0 unspecified atom stereocenters. The van der Waals surface area contributed by atoms with E-state index in [1.54, 1.807) is 6.07 Å². The summed E-state index contributed by atoms with van der Waals surface area (Å²) in [6.07, 6.45) is -0.0349. The Bertz CT molecular complexity index is 619. The van der Waals surface area contributed by atoms with Crippen LogP contribution in [0, 0.1) is 0 Å². The number of hydrogen-bond acceptors (Lipinski definition) is 3. The molecule has 3 nitrogen and oxygen atoms in total. The lowest BCUT2D eigenvalue weighted by molar-refractivity contribution is -0.136. The highest BCUT2D eigenvalue weighted by molar-refractivity contribution is 8.13. The van der Waals surface area contributed by atoms with Crippen LogP contribution in [0.5, 0.6) is 0 Å². The Balaban J connectivity index is 2.56. The first-order valence-electron chi connectivity index (χ1n) is 5.48. The van der Waals surface area contributed by atoms with Gasteiger partial charge in [-0.05, 0) is 28.5 Å². The van der Waals surface area contributed by atoms with Crippen LogP contribution >= 0.6 is 11.8 Å². The average Bonchev–Trinajstić information content (AvgIpc) is 2.27. The Hall–Kier alpha value is -1.81. The number of carbonyl (C=O) groups excluding carboxylic acids is 1. The van der Waals surface area contributed by atoms with Crippen LogP contribution in [-0.4, -0.2) is 16.2 Å². The zero-order valence-corrected chi connectivity index (χ0v) is 10.7. The van der Waals surface area contributed by atoms with Gasteiger partial charge in [-0.25, -0.2) is 0 Å². The number of carboxylic acid groups (broad SMARTS) is 1. The Morgan fingerprint density at radius 2 is 1.94 bits per heavy atom. The topological polar surface area (TPSA) is 54.4 Å². The van der Waals surface area contributed by atoms with Gasteiger partial charge in [-0.3, -0.25) is 9.59 Å². The molecule has 0 fully saturated rings. The second-order valence-electron chi connectivity index (χ2n) is 3.97. The van der Waals surface area contributed by atoms with Crippen molar-refractivity contribution in [1.82, 2.24) is 0 Å². The van der Waals surface area contributed by atoms with E-state index in [4.69, 9.17) is 5.11 Å². The molecule has 0 aliphatic heterocycles. The summed E-state index contributed by atoms with van der Waals surface area (Å²) in [6, 6.07) is 11.3. The van der Waals surface area contributed by atoms with E-state index in [1.165, 1.54) is 6.92 Å². The maximum absolute atomic E-state index is 11.1.